The van der Waals surface area contributed by atoms with Crippen LogP contribution in [0.4, 0.5) is 0 Å². The second-order valence-corrected chi connectivity index (χ2v) is 4.84. The number of rotatable bonds is 4. The van der Waals surface area contributed by atoms with Gasteiger partial charge in [-0.15, -0.1) is 10.2 Å². The standard InChI is InChI=1S/C13H17N5/c1-10-16-17-13(5-12-7-15-8-12)18(10)9-11-3-2-4-14-6-11/h2-4,6,12,15H,5,7-9H2,1H3. The Kier molecular flexibility index (Phi) is 3.06. The highest BCUT2D eigenvalue weighted by Crippen LogP contribution is 2.13. The van der Waals surface area contributed by atoms with Gasteiger partial charge in [-0.1, -0.05) is 6.07 Å². The van der Waals surface area contributed by atoms with Crippen LogP contribution in [-0.2, 0) is 13.0 Å². The molecular formula is C13H17N5. The van der Waals surface area contributed by atoms with Crippen molar-refractivity contribution in [3.05, 3.63) is 41.7 Å². The Morgan fingerprint density at radius 1 is 1.39 bits per heavy atom. The van der Waals surface area contributed by atoms with Crippen LogP contribution in [0.15, 0.2) is 24.5 Å². The van der Waals surface area contributed by atoms with Crippen LogP contribution in [0.25, 0.3) is 0 Å². The minimum atomic E-state index is 0.709. The quantitative estimate of drug-likeness (QED) is 0.862. The summed E-state index contributed by atoms with van der Waals surface area (Å²) in [4.78, 5) is 4.15. The van der Waals surface area contributed by atoms with Crippen LogP contribution in [-0.4, -0.2) is 32.8 Å². The smallest absolute Gasteiger partial charge is 0.133 e. The monoisotopic (exact) mass is 243 g/mol. The molecule has 1 fully saturated rings. The lowest BCUT2D eigenvalue weighted by atomic mass is 9.99. The predicted octanol–water partition coefficient (Wildman–Crippen LogP) is 0.792. The number of aromatic nitrogens is 4. The first-order valence-electron chi connectivity index (χ1n) is 6.31. The second-order valence-electron chi connectivity index (χ2n) is 4.84. The average molecular weight is 243 g/mol. The molecule has 1 aliphatic rings. The predicted molar refractivity (Wildman–Crippen MR) is 68.2 cm³/mol. The molecule has 0 radical (unpaired) electrons. The second kappa shape index (κ2) is 4.86. The van der Waals surface area contributed by atoms with Gasteiger partial charge in [-0.2, -0.15) is 0 Å². The van der Waals surface area contributed by atoms with Gasteiger partial charge in [0.2, 0.25) is 0 Å². The van der Waals surface area contributed by atoms with Crippen molar-refractivity contribution >= 4 is 0 Å². The molecule has 5 heteroatoms. The van der Waals surface area contributed by atoms with Gasteiger partial charge in [0.25, 0.3) is 0 Å². The van der Waals surface area contributed by atoms with Crippen molar-refractivity contribution in [2.75, 3.05) is 13.1 Å². The molecule has 94 valence electrons. The summed E-state index contributed by atoms with van der Waals surface area (Å²) in [5, 5.41) is 11.8. The highest BCUT2D eigenvalue weighted by Gasteiger charge is 2.20. The zero-order valence-corrected chi connectivity index (χ0v) is 10.5. The van der Waals surface area contributed by atoms with Crippen molar-refractivity contribution in [1.29, 1.82) is 0 Å². The number of nitrogens with zero attached hydrogens (tertiary/aromatic N) is 4. The molecule has 3 heterocycles. The molecule has 18 heavy (non-hydrogen) atoms. The zero-order chi connectivity index (χ0) is 12.4. The molecule has 3 rings (SSSR count). The Morgan fingerprint density at radius 3 is 2.94 bits per heavy atom. The highest BCUT2D eigenvalue weighted by atomic mass is 15.3. The van der Waals surface area contributed by atoms with Crippen molar-refractivity contribution in [3.8, 4) is 0 Å². The fourth-order valence-corrected chi connectivity index (χ4v) is 2.21. The average Bonchev–Trinajstić information content (AvgIpc) is 2.67. The molecule has 0 atom stereocenters. The molecule has 0 saturated carbocycles. The molecule has 1 aliphatic heterocycles. The molecule has 1 N–H and O–H groups in total. The summed E-state index contributed by atoms with van der Waals surface area (Å²) < 4.78 is 2.19. The molecule has 1 saturated heterocycles. The first-order valence-corrected chi connectivity index (χ1v) is 6.31. The van der Waals surface area contributed by atoms with Crippen LogP contribution in [0, 0.1) is 12.8 Å². The normalized spacial score (nSPS) is 15.6. The molecule has 0 amide bonds. The number of hydrogen-bond acceptors (Lipinski definition) is 4. The summed E-state index contributed by atoms with van der Waals surface area (Å²) >= 11 is 0. The van der Waals surface area contributed by atoms with E-state index in [1.54, 1.807) is 6.20 Å². The van der Waals surface area contributed by atoms with E-state index in [2.05, 4.69) is 31.1 Å². The van der Waals surface area contributed by atoms with Gasteiger partial charge in [-0.05, 0) is 37.6 Å². The largest absolute Gasteiger partial charge is 0.316 e. The maximum atomic E-state index is 4.30. The maximum absolute atomic E-state index is 4.30. The van der Waals surface area contributed by atoms with Crippen LogP contribution < -0.4 is 5.32 Å². The SMILES string of the molecule is Cc1nnc(CC2CNC2)n1Cc1cccnc1. The molecule has 5 nitrogen and oxygen atoms in total. The first kappa shape index (κ1) is 11.3. The molecule has 2 aromatic rings. The van der Waals surface area contributed by atoms with E-state index >= 15 is 0 Å². The number of nitrogens with one attached hydrogen (secondary N) is 1. The van der Waals surface area contributed by atoms with E-state index in [4.69, 9.17) is 0 Å². The molecule has 0 aliphatic carbocycles. The fourth-order valence-electron chi connectivity index (χ4n) is 2.21. The summed E-state index contributed by atoms with van der Waals surface area (Å²) in [6, 6.07) is 4.05. The molecular weight excluding hydrogens is 226 g/mol. The van der Waals surface area contributed by atoms with Crippen LogP contribution in [0.5, 0.6) is 0 Å². The Balaban J connectivity index is 1.79. The van der Waals surface area contributed by atoms with E-state index in [0.29, 0.717) is 5.92 Å². The summed E-state index contributed by atoms with van der Waals surface area (Å²) in [7, 11) is 0. The van der Waals surface area contributed by atoms with E-state index in [9.17, 15) is 0 Å². The van der Waals surface area contributed by atoms with Gasteiger partial charge in [-0.25, -0.2) is 0 Å². The first-order chi connectivity index (χ1) is 8.83. The van der Waals surface area contributed by atoms with Crippen molar-refractivity contribution in [2.45, 2.75) is 19.9 Å². The van der Waals surface area contributed by atoms with E-state index in [1.807, 2.05) is 19.2 Å². The Labute approximate surface area is 106 Å². The summed E-state index contributed by atoms with van der Waals surface area (Å²) in [5.74, 6) is 2.77. The van der Waals surface area contributed by atoms with E-state index in [1.165, 1.54) is 5.56 Å². The van der Waals surface area contributed by atoms with E-state index in [0.717, 1.165) is 37.7 Å². The fraction of sp³-hybridized carbons (Fsp3) is 0.462. The summed E-state index contributed by atoms with van der Waals surface area (Å²) in [6.45, 7) is 5.01. The Hall–Kier alpha value is -1.75. The van der Waals surface area contributed by atoms with Crippen LogP contribution >= 0.6 is 0 Å². The van der Waals surface area contributed by atoms with Crippen LogP contribution in [0.2, 0.25) is 0 Å². The molecule has 0 aromatic carbocycles. The number of pyridine rings is 1. The van der Waals surface area contributed by atoms with Crippen molar-refractivity contribution in [2.24, 2.45) is 5.92 Å². The third-order valence-corrected chi connectivity index (χ3v) is 3.41. The summed E-state index contributed by atoms with van der Waals surface area (Å²) in [6.07, 6.45) is 4.70. The van der Waals surface area contributed by atoms with Crippen LogP contribution in [0.3, 0.4) is 0 Å². The van der Waals surface area contributed by atoms with Gasteiger partial charge in [-0.3, -0.25) is 4.98 Å². The van der Waals surface area contributed by atoms with Crippen molar-refractivity contribution < 1.29 is 0 Å². The van der Waals surface area contributed by atoms with Gasteiger partial charge in [0.05, 0.1) is 6.54 Å². The minimum absolute atomic E-state index is 0.709. The van der Waals surface area contributed by atoms with Gasteiger partial charge in [0, 0.05) is 18.8 Å². The number of aryl methyl sites for hydroxylation is 1. The third-order valence-electron chi connectivity index (χ3n) is 3.41. The third kappa shape index (κ3) is 2.26. The van der Waals surface area contributed by atoms with E-state index in [-0.39, 0.29) is 0 Å². The molecule has 2 aromatic heterocycles. The van der Waals surface area contributed by atoms with E-state index < -0.39 is 0 Å². The van der Waals surface area contributed by atoms with Crippen molar-refractivity contribution in [1.82, 2.24) is 25.1 Å². The van der Waals surface area contributed by atoms with Gasteiger partial charge in [0.15, 0.2) is 0 Å². The van der Waals surface area contributed by atoms with Gasteiger partial charge >= 0.3 is 0 Å². The van der Waals surface area contributed by atoms with Crippen molar-refractivity contribution in [3.63, 3.8) is 0 Å². The topological polar surface area (TPSA) is 55.6 Å². The van der Waals surface area contributed by atoms with Gasteiger partial charge < -0.3 is 9.88 Å². The number of hydrogen-bond donors (Lipinski definition) is 1. The molecule has 0 unspecified atom stereocenters. The molecule has 0 spiro atoms. The Morgan fingerprint density at radius 2 is 2.28 bits per heavy atom. The summed E-state index contributed by atoms with van der Waals surface area (Å²) in [5.41, 5.74) is 1.19. The lowest BCUT2D eigenvalue weighted by Crippen LogP contribution is -2.43. The Bertz CT molecular complexity index is 515. The van der Waals surface area contributed by atoms with Gasteiger partial charge in [0.1, 0.15) is 11.6 Å². The van der Waals surface area contributed by atoms with Crippen LogP contribution in [0.1, 0.15) is 17.2 Å². The maximum Gasteiger partial charge on any atom is 0.133 e. The zero-order valence-electron chi connectivity index (χ0n) is 10.5. The minimum Gasteiger partial charge on any atom is -0.316 e. The molecule has 0 bridgehead atoms. The lowest BCUT2D eigenvalue weighted by Gasteiger charge is -2.26. The highest BCUT2D eigenvalue weighted by molar-refractivity contribution is 5.11. The lowest BCUT2D eigenvalue weighted by molar-refractivity contribution is 0.337.